The average Bonchev–Trinajstić information content (AvgIpc) is 1.65. The van der Waals surface area contributed by atoms with Crippen molar-refractivity contribution >= 4 is 5.97 Å². The van der Waals surface area contributed by atoms with Crippen molar-refractivity contribution in [2.24, 2.45) is 0 Å². The standard InChI is InChI=1S/C4H8FNO2/c1-3(6-5)2-4(7)8/h3,6H,2H2,1H3,(H,7,8). The summed E-state index contributed by atoms with van der Waals surface area (Å²) in [6, 6.07) is -0.590. The summed E-state index contributed by atoms with van der Waals surface area (Å²) in [5.41, 5.74) is 1.32. The third-order valence-electron chi connectivity index (χ3n) is 0.667. The summed E-state index contributed by atoms with van der Waals surface area (Å²) in [5, 5.41) is 8.01. The molecule has 3 nitrogen and oxygen atoms in total. The minimum atomic E-state index is -0.998. The lowest BCUT2D eigenvalue weighted by molar-refractivity contribution is -0.137. The van der Waals surface area contributed by atoms with Crippen molar-refractivity contribution in [2.45, 2.75) is 19.4 Å². The third-order valence-corrected chi connectivity index (χ3v) is 0.667. The van der Waals surface area contributed by atoms with Crippen molar-refractivity contribution in [3.63, 3.8) is 0 Å². The molecule has 48 valence electrons. The van der Waals surface area contributed by atoms with Gasteiger partial charge < -0.3 is 5.11 Å². The number of carbonyl (C=O) groups is 1. The second kappa shape index (κ2) is 3.37. The quantitative estimate of drug-likeness (QED) is 0.529. The molecule has 0 saturated heterocycles. The Hall–Kier alpha value is -0.640. The Bertz CT molecular complexity index is 86.1. The summed E-state index contributed by atoms with van der Waals surface area (Å²) in [6.45, 7) is 1.45. The predicted octanol–water partition coefficient (Wildman–Crippen LogP) is 0.324. The van der Waals surface area contributed by atoms with E-state index in [9.17, 15) is 9.28 Å². The van der Waals surface area contributed by atoms with Gasteiger partial charge in [-0.1, -0.05) is 0 Å². The Kier molecular flexibility index (Phi) is 3.10. The lowest BCUT2D eigenvalue weighted by Gasteiger charge is -1.99. The second-order valence-electron chi connectivity index (χ2n) is 1.61. The van der Waals surface area contributed by atoms with Crippen LogP contribution in [0.2, 0.25) is 0 Å². The predicted molar refractivity (Wildman–Crippen MR) is 26.0 cm³/mol. The van der Waals surface area contributed by atoms with E-state index in [4.69, 9.17) is 5.11 Å². The number of nitrogens with one attached hydrogen (secondary N) is 1. The van der Waals surface area contributed by atoms with E-state index >= 15 is 0 Å². The van der Waals surface area contributed by atoms with Gasteiger partial charge in [-0.2, -0.15) is 5.54 Å². The Morgan fingerprint density at radius 3 is 2.62 bits per heavy atom. The number of hydrogen-bond acceptors (Lipinski definition) is 2. The number of aliphatic carboxylic acids is 1. The number of carboxylic acids is 1. The summed E-state index contributed by atoms with van der Waals surface area (Å²) < 4.78 is 11.2. The molecule has 0 aliphatic carbocycles. The number of carboxylic acid groups (broad SMARTS) is 1. The van der Waals surface area contributed by atoms with E-state index in [1.54, 1.807) is 0 Å². The van der Waals surface area contributed by atoms with E-state index in [1.807, 2.05) is 0 Å². The normalized spacial score (nSPS) is 13.2. The van der Waals surface area contributed by atoms with Crippen molar-refractivity contribution in [3.8, 4) is 0 Å². The molecule has 8 heavy (non-hydrogen) atoms. The fraction of sp³-hybridized carbons (Fsp3) is 0.750. The van der Waals surface area contributed by atoms with E-state index < -0.39 is 12.0 Å². The molecule has 0 amide bonds. The van der Waals surface area contributed by atoms with Crippen molar-refractivity contribution in [3.05, 3.63) is 0 Å². The zero-order chi connectivity index (χ0) is 6.57. The van der Waals surface area contributed by atoms with Gasteiger partial charge in [0.1, 0.15) is 0 Å². The molecule has 0 spiro atoms. The molecule has 0 aromatic carbocycles. The van der Waals surface area contributed by atoms with Gasteiger partial charge in [0.15, 0.2) is 0 Å². The van der Waals surface area contributed by atoms with E-state index in [0.717, 1.165) is 0 Å². The molecule has 0 rings (SSSR count). The number of rotatable bonds is 3. The van der Waals surface area contributed by atoms with E-state index in [-0.39, 0.29) is 6.42 Å². The molecule has 0 heterocycles. The van der Waals surface area contributed by atoms with Gasteiger partial charge in [0.05, 0.1) is 6.42 Å². The van der Waals surface area contributed by atoms with Crippen LogP contribution >= 0.6 is 0 Å². The molecular weight excluding hydrogens is 113 g/mol. The molecule has 1 unspecified atom stereocenters. The van der Waals surface area contributed by atoms with Crippen LogP contribution in [-0.4, -0.2) is 17.1 Å². The summed E-state index contributed by atoms with van der Waals surface area (Å²) in [4.78, 5) is 9.76. The van der Waals surface area contributed by atoms with Gasteiger partial charge in [0.25, 0.3) is 0 Å². The molecule has 4 heteroatoms. The molecule has 1 atom stereocenters. The highest BCUT2D eigenvalue weighted by atomic mass is 19.2. The number of halogens is 1. The second-order valence-corrected chi connectivity index (χ2v) is 1.61. The zero-order valence-electron chi connectivity index (χ0n) is 4.52. The van der Waals surface area contributed by atoms with Crippen LogP contribution in [-0.2, 0) is 4.79 Å². The topological polar surface area (TPSA) is 49.3 Å². The van der Waals surface area contributed by atoms with E-state index in [1.165, 1.54) is 12.5 Å². The van der Waals surface area contributed by atoms with E-state index in [2.05, 4.69) is 0 Å². The summed E-state index contributed by atoms with van der Waals surface area (Å²) >= 11 is 0. The molecule has 0 bridgehead atoms. The van der Waals surface area contributed by atoms with Gasteiger partial charge in [0.2, 0.25) is 0 Å². The Morgan fingerprint density at radius 2 is 2.50 bits per heavy atom. The lowest BCUT2D eigenvalue weighted by atomic mass is 10.3. The summed E-state index contributed by atoms with van der Waals surface area (Å²) in [6.07, 6.45) is -0.184. The van der Waals surface area contributed by atoms with Crippen molar-refractivity contribution in [2.75, 3.05) is 0 Å². The molecule has 0 aliphatic rings. The van der Waals surface area contributed by atoms with Crippen LogP contribution in [0.4, 0.5) is 4.48 Å². The van der Waals surface area contributed by atoms with Crippen LogP contribution < -0.4 is 5.54 Å². The molecule has 2 N–H and O–H groups in total. The van der Waals surface area contributed by atoms with Crippen molar-refractivity contribution < 1.29 is 14.4 Å². The molecule has 0 radical (unpaired) electrons. The summed E-state index contributed by atoms with van der Waals surface area (Å²) in [5.74, 6) is -0.998. The Labute approximate surface area is 46.4 Å². The Morgan fingerprint density at radius 1 is 2.00 bits per heavy atom. The van der Waals surface area contributed by atoms with Crippen LogP contribution in [0.3, 0.4) is 0 Å². The largest absolute Gasteiger partial charge is 0.481 e. The van der Waals surface area contributed by atoms with Crippen molar-refractivity contribution in [1.29, 1.82) is 0 Å². The average molecular weight is 121 g/mol. The van der Waals surface area contributed by atoms with Crippen LogP contribution in [0.25, 0.3) is 0 Å². The monoisotopic (exact) mass is 121 g/mol. The SMILES string of the molecule is CC(CC(=O)O)NF. The molecule has 0 saturated carbocycles. The first-order valence-electron chi connectivity index (χ1n) is 2.24. The maximum Gasteiger partial charge on any atom is 0.305 e. The number of hydrogen-bond donors (Lipinski definition) is 2. The summed E-state index contributed by atoms with van der Waals surface area (Å²) in [7, 11) is 0. The molecule has 0 aromatic heterocycles. The fourth-order valence-electron chi connectivity index (χ4n) is 0.301. The van der Waals surface area contributed by atoms with Gasteiger partial charge in [-0.05, 0) is 6.92 Å². The third kappa shape index (κ3) is 3.55. The molecule has 0 aliphatic heterocycles. The maximum absolute atomic E-state index is 11.2. The lowest BCUT2D eigenvalue weighted by Crippen LogP contribution is -2.20. The maximum atomic E-state index is 11.2. The highest BCUT2D eigenvalue weighted by Crippen LogP contribution is 1.87. The zero-order valence-corrected chi connectivity index (χ0v) is 4.52. The first-order valence-corrected chi connectivity index (χ1v) is 2.24. The minimum Gasteiger partial charge on any atom is -0.481 e. The first kappa shape index (κ1) is 7.36. The van der Waals surface area contributed by atoms with E-state index in [0.29, 0.717) is 0 Å². The van der Waals surface area contributed by atoms with Gasteiger partial charge in [-0.3, -0.25) is 4.79 Å². The Balaban J connectivity index is 3.24. The molecule has 0 fully saturated rings. The molecule has 0 aromatic rings. The van der Waals surface area contributed by atoms with Crippen LogP contribution in [0.5, 0.6) is 0 Å². The van der Waals surface area contributed by atoms with Crippen molar-refractivity contribution in [1.82, 2.24) is 5.54 Å². The van der Waals surface area contributed by atoms with Gasteiger partial charge in [-0.25, -0.2) is 0 Å². The van der Waals surface area contributed by atoms with Crippen LogP contribution in [0.15, 0.2) is 0 Å². The highest BCUT2D eigenvalue weighted by Gasteiger charge is 2.04. The fourth-order valence-corrected chi connectivity index (χ4v) is 0.301. The van der Waals surface area contributed by atoms with Crippen LogP contribution in [0.1, 0.15) is 13.3 Å². The highest BCUT2D eigenvalue weighted by molar-refractivity contribution is 5.67. The van der Waals surface area contributed by atoms with Gasteiger partial charge in [-0.15, -0.1) is 4.48 Å². The van der Waals surface area contributed by atoms with Gasteiger partial charge >= 0.3 is 5.97 Å². The van der Waals surface area contributed by atoms with Gasteiger partial charge in [0, 0.05) is 6.04 Å². The minimum absolute atomic E-state index is 0.184. The first-order chi connectivity index (χ1) is 3.66. The molecular formula is C4H8FNO2. The van der Waals surface area contributed by atoms with Crippen LogP contribution in [0, 0.1) is 0 Å². The smallest absolute Gasteiger partial charge is 0.305 e.